The lowest BCUT2D eigenvalue weighted by Crippen LogP contribution is -2.11. The number of benzene rings is 1. The lowest BCUT2D eigenvalue weighted by atomic mass is 9.99. The molecule has 0 amide bonds. The monoisotopic (exact) mass is 271 g/mol. The Balaban J connectivity index is 2.74. The lowest BCUT2D eigenvalue weighted by molar-refractivity contribution is -0.137. The van der Waals surface area contributed by atoms with E-state index < -0.39 is 29.0 Å². The summed E-state index contributed by atoms with van der Waals surface area (Å²) >= 11 is 0. The molecule has 0 aliphatic carbocycles. The summed E-state index contributed by atoms with van der Waals surface area (Å²) < 4.78 is 43.6. The molecule has 4 nitrogen and oxygen atoms in total. The van der Waals surface area contributed by atoms with Crippen LogP contribution in [0.15, 0.2) is 34.9 Å². The SMILES string of the molecule is Nc1cc(C(F)(F)F)c(-c2ccco2)cc1C(=O)O. The van der Waals surface area contributed by atoms with Crippen LogP contribution in [0.4, 0.5) is 18.9 Å². The Morgan fingerprint density at radius 2 is 2.00 bits per heavy atom. The van der Waals surface area contributed by atoms with Gasteiger partial charge in [0.25, 0.3) is 0 Å². The first-order valence-corrected chi connectivity index (χ1v) is 5.08. The largest absolute Gasteiger partial charge is 0.478 e. The molecule has 19 heavy (non-hydrogen) atoms. The zero-order valence-electron chi connectivity index (χ0n) is 9.36. The Hall–Kier alpha value is -2.44. The van der Waals surface area contributed by atoms with Crippen molar-refractivity contribution in [3.8, 4) is 11.3 Å². The van der Waals surface area contributed by atoms with Gasteiger partial charge in [0.15, 0.2) is 0 Å². The molecule has 0 unspecified atom stereocenters. The number of alkyl halides is 3. The predicted molar refractivity (Wildman–Crippen MR) is 60.5 cm³/mol. The second-order valence-corrected chi connectivity index (χ2v) is 3.77. The molecule has 7 heteroatoms. The smallest absolute Gasteiger partial charge is 0.417 e. The van der Waals surface area contributed by atoms with E-state index in [1.54, 1.807) is 0 Å². The average molecular weight is 271 g/mol. The third-order valence-electron chi connectivity index (χ3n) is 2.51. The van der Waals surface area contributed by atoms with Gasteiger partial charge in [-0.3, -0.25) is 0 Å². The van der Waals surface area contributed by atoms with Crippen molar-refractivity contribution in [2.45, 2.75) is 6.18 Å². The molecule has 1 aromatic heterocycles. The highest BCUT2D eigenvalue weighted by Crippen LogP contribution is 2.39. The van der Waals surface area contributed by atoms with Gasteiger partial charge in [-0.05, 0) is 24.3 Å². The number of aromatic carboxylic acids is 1. The van der Waals surface area contributed by atoms with Crippen LogP contribution in [0.5, 0.6) is 0 Å². The summed E-state index contributed by atoms with van der Waals surface area (Å²) in [6.45, 7) is 0. The maximum Gasteiger partial charge on any atom is 0.417 e. The molecule has 2 rings (SSSR count). The van der Waals surface area contributed by atoms with Crippen molar-refractivity contribution >= 4 is 11.7 Å². The molecule has 1 aromatic carbocycles. The van der Waals surface area contributed by atoms with Crippen LogP contribution in [-0.2, 0) is 6.18 Å². The highest BCUT2D eigenvalue weighted by Gasteiger charge is 2.35. The van der Waals surface area contributed by atoms with Crippen LogP contribution in [0.3, 0.4) is 0 Å². The summed E-state index contributed by atoms with van der Waals surface area (Å²) in [7, 11) is 0. The number of carbonyl (C=O) groups is 1. The minimum atomic E-state index is -4.66. The van der Waals surface area contributed by atoms with Crippen molar-refractivity contribution in [1.29, 1.82) is 0 Å². The Bertz CT molecular complexity index is 618. The topological polar surface area (TPSA) is 76.5 Å². The second-order valence-electron chi connectivity index (χ2n) is 3.77. The molecule has 3 N–H and O–H groups in total. The number of anilines is 1. The number of halogens is 3. The highest BCUT2D eigenvalue weighted by atomic mass is 19.4. The van der Waals surface area contributed by atoms with Crippen molar-refractivity contribution in [3.05, 3.63) is 41.7 Å². The van der Waals surface area contributed by atoms with E-state index in [2.05, 4.69) is 0 Å². The number of nitrogen functional groups attached to an aromatic ring is 1. The van der Waals surface area contributed by atoms with E-state index in [9.17, 15) is 18.0 Å². The van der Waals surface area contributed by atoms with E-state index in [-0.39, 0.29) is 11.3 Å². The average Bonchev–Trinajstić information content (AvgIpc) is 2.80. The molecule has 0 saturated heterocycles. The van der Waals surface area contributed by atoms with Crippen LogP contribution in [-0.4, -0.2) is 11.1 Å². The Morgan fingerprint density at radius 3 is 2.47 bits per heavy atom. The van der Waals surface area contributed by atoms with Crippen LogP contribution in [0, 0.1) is 0 Å². The van der Waals surface area contributed by atoms with Crippen molar-refractivity contribution in [2.75, 3.05) is 5.73 Å². The Labute approximate surface area is 105 Å². The third-order valence-corrected chi connectivity index (χ3v) is 2.51. The van der Waals surface area contributed by atoms with E-state index in [1.807, 2.05) is 0 Å². The first-order chi connectivity index (χ1) is 8.80. The molecule has 0 aliphatic heterocycles. The van der Waals surface area contributed by atoms with E-state index in [4.69, 9.17) is 15.3 Å². The molecule has 0 saturated carbocycles. The number of carboxylic acid groups (broad SMARTS) is 1. The van der Waals surface area contributed by atoms with Crippen molar-refractivity contribution in [1.82, 2.24) is 0 Å². The van der Waals surface area contributed by atoms with Gasteiger partial charge in [0.1, 0.15) is 5.76 Å². The highest BCUT2D eigenvalue weighted by molar-refractivity contribution is 5.95. The predicted octanol–water partition coefficient (Wildman–Crippen LogP) is 3.25. The van der Waals surface area contributed by atoms with Crippen molar-refractivity contribution in [2.24, 2.45) is 0 Å². The summed E-state index contributed by atoms with van der Waals surface area (Å²) in [6, 6.07) is 4.18. The Kier molecular flexibility index (Phi) is 2.97. The van der Waals surface area contributed by atoms with Crippen molar-refractivity contribution < 1.29 is 27.5 Å². The van der Waals surface area contributed by atoms with E-state index in [1.165, 1.54) is 18.4 Å². The Morgan fingerprint density at radius 1 is 1.32 bits per heavy atom. The first-order valence-electron chi connectivity index (χ1n) is 5.08. The fourth-order valence-electron chi connectivity index (χ4n) is 1.67. The van der Waals surface area contributed by atoms with Gasteiger partial charge >= 0.3 is 12.1 Å². The van der Waals surface area contributed by atoms with Crippen LogP contribution in [0.2, 0.25) is 0 Å². The fraction of sp³-hybridized carbons (Fsp3) is 0.0833. The normalized spacial score (nSPS) is 11.5. The van der Waals surface area contributed by atoms with Crippen LogP contribution in [0.25, 0.3) is 11.3 Å². The molecule has 0 radical (unpaired) electrons. The third kappa shape index (κ3) is 2.40. The lowest BCUT2D eigenvalue weighted by Gasteiger charge is -2.13. The molecule has 0 spiro atoms. The van der Waals surface area contributed by atoms with Gasteiger partial charge in [-0.25, -0.2) is 4.79 Å². The minimum absolute atomic E-state index is 0.0742. The van der Waals surface area contributed by atoms with E-state index >= 15 is 0 Å². The molecule has 0 atom stereocenters. The van der Waals surface area contributed by atoms with Gasteiger partial charge in [-0.1, -0.05) is 0 Å². The molecular weight excluding hydrogens is 263 g/mol. The van der Waals surface area contributed by atoms with Crippen LogP contribution < -0.4 is 5.73 Å². The van der Waals surface area contributed by atoms with Gasteiger partial charge in [0.05, 0.1) is 17.4 Å². The summed E-state index contributed by atoms with van der Waals surface area (Å²) in [5.74, 6) is -1.48. The van der Waals surface area contributed by atoms with Crippen LogP contribution in [0.1, 0.15) is 15.9 Å². The standard InChI is InChI=1S/C12H8F3NO3/c13-12(14,15)8-5-9(16)7(11(17)18)4-6(8)10-2-1-3-19-10/h1-5H,16H2,(H,17,18). The summed E-state index contributed by atoms with van der Waals surface area (Å²) in [5.41, 5.74) is 3.08. The van der Waals surface area contributed by atoms with Crippen molar-refractivity contribution in [3.63, 3.8) is 0 Å². The van der Waals surface area contributed by atoms with Gasteiger partial charge < -0.3 is 15.3 Å². The quantitative estimate of drug-likeness (QED) is 0.822. The van der Waals surface area contributed by atoms with Gasteiger partial charge in [0.2, 0.25) is 0 Å². The fourth-order valence-corrected chi connectivity index (χ4v) is 1.67. The summed E-state index contributed by atoms with van der Waals surface area (Å²) in [5, 5.41) is 8.89. The number of carboxylic acids is 1. The molecule has 2 aromatic rings. The number of furan rings is 1. The van der Waals surface area contributed by atoms with Gasteiger partial charge in [-0.2, -0.15) is 13.2 Å². The summed E-state index contributed by atoms with van der Waals surface area (Å²) in [6.07, 6.45) is -3.46. The molecule has 0 aliphatic rings. The zero-order chi connectivity index (χ0) is 14.2. The molecule has 0 bridgehead atoms. The maximum atomic E-state index is 12.9. The number of hydrogen-bond donors (Lipinski definition) is 2. The molecule has 0 fully saturated rings. The zero-order valence-corrected chi connectivity index (χ0v) is 9.36. The maximum absolute atomic E-state index is 12.9. The number of rotatable bonds is 2. The van der Waals surface area contributed by atoms with Gasteiger partial charge in [-0.15, -0.1) is 0 Å². The molecule has 1 heterocycles. The second kappa shape index (κ2) is 4.34. The minimum Gasteiger partial charge on any atom is -0.478 e. The number of nitrogens with two attached hydrogens (primary N) is 1. The van der Waals surface area contributed by atoms with E-state index in [0.717, 1.165) is 6.07 Å². The van der Waals surface area contributed by atoms with E-state index in [0.29, 0.717) is 6.07 Å². The molecule has 100 valence electrons. The first kappa shape index (κ1) is 13.0. The van der Waals surface area contributed by atoms with Crippen LogP contribution >= 0.6 is 0 Å². The van der Waals surface area contributed by atoms with Gasteiger partial charge in [0, 0.05) is 11.3 Å². The summed E-state index contributed by atoms with van der Waals surface area (Å²) in [4.78, 5) is 10.9. The number of hydrogen-bond acceptors (Lipinski definition) is 3. The molecular formula is C12H8F3NO3.